The highest BCUT2D eigenvalue weighted by Crippen LogP contribution is 2.25. The number of nitrogens with one attached hydrogen (secondary N) is 1. The lowest BCUT2D eigenvalue weighted by Crippen LogP contribution is -2.10. The van der Waals surface area contributed by atoms with Gasteiger partial charge in [0, 0.05) is 26.3 Å². The van der Waals surface area contributed by atoms with Crippen LogP contribution < -0.4 is 5.73 Å². The van der Waals surface area contributed by atoms with E-state index >= 15 is 0 Å². The lowest BCUT2D eigenvalue weighted by atomic mass is 10.0. The van der Waals surface area contributed by atoms with Gasteiger partial charge in [-0.1, -0.05) is 62.2 Å². The minimum atomic E-state index is -0.424. The summed E-state index contributed by atoms with van der Waals surface area (Å²) in [6.45, 7) is 0. The predicted molar refractivity (Wildman–Crippen MR) is 104 cm³/mol. The van der Waals surface area contributed by atoms with Crippen molar-refractivity contribution in [1.29, 1.82) is 5.41 Å². The van der Waals surface area contributed by atoms with Crippen molar-refractivity contribution in [2.75, 3.05) is 0 Å². The van der Waals surface area contributed by atoms with E-state index in [0.29, 0.717) is 11.1 Å². The fraction of sp³-hybridized carbons (Fsp3) is 0. The van der Waals surface area contributed by atoms with Crippen LogP contribution in [0.2, 0.25) is 0 Å². The molecular formula is C18H14Br2N2O2. The van der Waals surface area contributed by atoms with E-state index in [1.807, 2.05) is 36.4 Å². The van der Waals surface area contributed by atoms with Crippen molar-refractivity contribution in [3.05, 3.63) is 74.7 Å². The molecule has 3 aromatic rings. The van der Waals surface area contributed by atoms with Crippen LogP contribution in [-0.2, 0) is 0 Å². The molecule has 0 saturated heterocycles. The lowest BCUT2D eigenvalue weighted by molar-refractivity contribution is 0.1000. The summed E-state index contributed by atoms with van der Waals surface area (Å²) in [6, 6.07) is 16.3. The molecule has 0 aliphatic carbocycles. The molecule has 1 amide bonds. The van der Waals surface area contributed by atoms with E-state index in [9.17, 15) is 9.90 Å². The first kappa shape index (κ1) is 18.2. The molecule has 0 unspecified atom stereocenters. The lowest BCUT2D eigenvalue weighted by Gasteiger charge is -2.03. The number of amides is 1. The molecule has 24 heavy (non-hydrogen) atoms. The average Bonchev–Trinajstić information content (AvgIpc) is 2.54. The molecule has 0 aromatic heterocycles. The first-order valence-corrected chi connectivity index (χ1v) is 8.48. The topological polar surface area (TPSA) is 87.2 Å². The van der Waals surface area contributed by atoms with Crippen LogP contribution in [0.3, 0.4) is 0 Å². The average molecular weight is 450 g/mol. The van der Waals surface area contributed by atoms with Gasteiger partial charge >= 0.3 is 0 Å². The summed E-state index contributed by atoms with van der Waals surface area (Å²) in [5.74, 6) is -0.263. The maximum Gasteiger partial charge on any atom is 0.248 e. The Morgan fingerprint density at radius 2 is 1.67 bits per heavy atom. The second-order valence-electron chi connectivity index (χ2n) is 4.89. The van der Waals surface area contributed by atoms with Gasteiger partial charge < -0.3 is 16.2 Å². The zero-order valence-electron chi connectivity index (χ0n) is 12.5. The van der Waals surface area contributed by atoms with Crippen molar-refractivity contribution in [1.82, 2.24) is 0 Å². The molecule has 0 spiro atoms. The minimum absolute atomic E-state index is 0.161. The van der Waals surface area contributed by atoms with E-state index in [1.54, 1.807) is 18.2 Å². The number of phenols is 1. The number of aromatic hydroxyl groups is 1. The van der Waals surface area contributed by atoms with E-state index in [0.717, 1.165) is 19.7 Å². The first-order chi connectivity index (χ1) is 11.4. The molecule has 0 radical (unpaired) electrons. The van der Waals surface area contributed by atoms with Crippen molar-refractivity contribution in [2.24, 2.45) is 5.73 Å². The first-order valence-electron chi connectivity index (χ1n) is 6.89. The number of fused-ring (bicyclic) bond motifs is 1. The summed E-state index contributed by atoms with van der Waals surface area (Å²) in [4.78, 5) is 10.7. The number of halogens is 2. The second kappa shape index (κ2) is 8.08. The van der Waals surface area contributed by atoms with Crippen LogP contribution in [0.1, 0.15) is 15.9 Å². The Morgan fingerprint density at radius 3 is 2.25 bits per heavy atom. The molecule has 0 aliphatic heterocycles. The number of primary amides is 1. The third kappa shape index (κ3) is 4.43. The fourth-order valence-corrected chi connectivity index (χ4v) is 3.43. The summed E-state index contributed by atoms with van der Waals surface area (Å²) in [6.07, 6.45) is 1.18. The zero-order chi connectivity index (χ0) is 17.7. The Morgan fingerprint density at radius 1 is 1.04 bits per heavy atom. The highest BCUT2D eigenvalue weighted by Gasteiger charge is 2.03. The monoisotopic (exact) mass is 448 g/mol. The van der Waals surface area contributed by atoms with Gasteiger partial charge in [0.05, 0.1) is 0 Å². The highest BCUT2D eigenvalue weighted by atomic mass is 79.9. The van der Waals surface area contributed by atoms with E-state index in [-0.39, 0.29) is 5.75 Å². The number of phenolic OH excluding ortho intramolecular Hbond substituents is 1. The Kier molecular flexibility index (Phi) is 6.11. The number of hydrogen-bond donors (Lipinski definition) is 3. The van der Waals surface area contributed by atoms with Gasteiger partial charge in [0.1, 0.15) is 5.75 Å². The molecule has 0 atom stereocenters. The number of nitrogens with two attached hydrogens (primary N) is 1. The van der Waals surface area contributed by atoms with Crippen LogP contribution >= 0.6 is 31.9 Å². The maximum absolute atomic E-state index is 10.7. The Hall–Kier alpha value is -2.18. The number of carbonyl (C=O) groups is 1. The summed E-state index contributed by atoms with van der Waals surface area (Å²) < 4.78 is 1.67. The van der Waals surface area contributed by atoms with Crippen LogP contribution in [0.4, 0.5) is 0 Å². The quantitative estimate of drug-likeness (QED) is 0.488. The van der Waals surface area contributed by atoms with Gasteiger partial charge in [-0.2, -0.15) is 0 Å². The van der Waals surface area contributed by atoms with Gasteiger partial charge in [-0.3, -0.25) is 4.79 Å². The summed E-state index contributed by atoms with van der Waals surface area (Å²) in [7, 11) is 0. The molecule has 4 nitrogen and oxygen atoms in total. The van der Waals surface area contributed by atoms with Crippen LogP contribution in [-0.4, -0.2) is 17.2 Å². The molecule has 0 fully saturated rings. The van der Waals surface area contributed by atoms with Crippen LogP contribution in [0.15, 0.2) is 63.5 Å². The second-order valence-corrected chi connectivity index (χ2v) is 6.72. The molecule has 0 heterocycles. The molecule has 0 aliphatic rings. The van der Waals surface area contributed by atoms with Crippen molar-refractivity contribution in [3.63, 3.8) is 0 Å². The minimum Gasteiger partial charge on any atom is -0.507 e. The molecule has 3 rings (SSSR count). The standard InChI is InChI=1S/C11H9NO.C7H5Br2NO/c12-7-10-9-4-2-1-3-8(9)5-6-11(10)13;8-5-1-4(7(10)11)2-6(9)3-5/h1-7,12-13H;1-3H,(H2,10,11). The van der Waals surface area contributed by atoms with Crippen LogP contribution in [0, 0.1) is 5.41 Å². The number of carbonyl (C=O) groups excluding carboxylic acids is 1. The number of rotatable bonds is 2. The third-order valence-electron chi connectivity index (χ3n) is 3.24. The molecule has 6 heteroatoms. The van der Waals surface area contributed by atoms with Crippen molar-refractivity contribution in [2.45, 2.75) is 0 Å². The van der Waals surface area contributed by atoms with Crippen LogP contribution in [0.25, 0.3) is 10.8 Å². The summed E-state index contributed by atoms with van der Waals surface area (Å²) in [5.41, 5.74) is 6.14. The van der Waals surface area contributed by atoms with E-state index in [2.05, 4.69) is 31.9 Å². The normalized spacial score (nSPS) is 9.92. The Bertz CT molecular complexity index is 890. The smallest absolute Gasteiger partial charge is 0.248 e. The SMILES string of the molecule is N=Cc1c(O)ccc2ccccc12.NC(=O)c1cc(Br)cc(Br)c1. The van der Waals surface area contributed by atoms with Gasteiger partial charge in [0.25, 0.3) is 0 Å². The molecule has 3 aromatic carbocycles. The van der Waals surface area contributed by atoms with Gasteiger partial charge in [-0.05, 0) is 35.0 Å². The Balaban J connectivity index is 0.000000177. The molecule has 122 valence electrons. The predicted octanol–water partition coefficient (Wildman–Crippen LogP) is 4.85. The summed E-state index contributed by atoms with van der Waals surface area (Å²) >= 11 is 6.49. The highest BCUT2D eigenvalue weighted by molar-refractivity contribution is 9.11. The van der Waals surface area contributed by atoms with Crippen molar-refractivity contribution in [3.8, 4) is 5.75 Å². The third-order valence-corrected chi connectivity index (χ3v) is 4.15. The largest absolute Gasteiger partial charge is 0.507 e. The number of hydrogen-bond acceptors (Lipinski definition) is 3. The zero-order valence-corrected chi connectivity index (χ0v) is 15.6. The Labute approximate surface area is 156 Å². The van der Waals surface area contributed by atoms with E-state index in [1.165, 1.54) is 6.21 Å². The molecule has 0 bridgehead atoms. The van der Waals surface area contributed by atoms with Gasteiger partial charge in [-0.15, -0.1) is 0 Å². The van der Waals surface area contributed by atoms with Gasteiger partial charge in [0.2, 0.25) is 5.91 Å². The van der Waals surface area contributed by atoms with E-state index in [4.69, 9.17) is 11.1 Å². The molecule has 4 N–H and O–H groups in total. The molecule has 0 saturated carbocycles. The van der Waals surface area contributed by atoms with E-state index < -0.39 is 5.91 Å². The van der Waals surface area contributed by atoms with Gasteiger partial charge in [0.15, 0.2) is 0 Å². The van der Waals surface area contributed by atoms with Crippen LogP contribution in [0.5, 0.6) is 5.75 Å². The fourth-order valence-electron chi connectivity index (χ4n) is 2.13. The molecular weight excluding hydrogens is 436 g/mol. The maximum atomic E-state index is 10.7. The summed E-state index contributed by atoms with van der Waals surface area (Å²) in [5, 5.41) is 18.6. The van der Waals surface area contributed by atoms with Crippen molar-refractivity contribution >= 4 is 54.8 Å². The van der Waals surface area contributed by atoms with Crippen molar-refractivity contribution < 1.29 is 9.90 Å². The number of benzene rings is 3. The van der Waals surface area contributed by atoms with Gasteiger partial charge in [-0.25, -0.2) is 0 Å².